The maximum Gasteiger partial charge on any atom is 0.460 e. The van der Waals surface area contributed by atoms with Crippen molar-refractivity contribution in [2.75, 3.05) is 13.1 Å². The molecule has 0 aliphatic heterocycles. The molecule has 19 heteroatoms. The van der Waals surface area contributed by atoms with Crippen LogP contribution in [0.25, 0.3) is 0 Å². The highest BCUT2D eigenvalue weighted by atomic mass is 19.4. The van der Waals surface area contributed by atoms with Crippen molar-refractivity contribution < 1.29 is 79.4 Å². The Morgan fingerprint density at radius 2 is 1.00 bits per heavy atom. The van der Waals surface area contributed by atoms with Crippen LogP contribution in [-0.2, 0) is 4.79 Å². The van der Waals surface area contributed by atoms with Crippen molar-refractivity contribution in [2.24, 2.45) is 0 Å². The van der Waals surface area contributed by atoms with E-state index in [9.17, 15) is 79.4 Å². The fourth-order valence-corrected chi connectivity index (χ4v) is 2.73. The van der Waals surface area contributed by atoms with Gasteiger partial charge in [-0.1, -0.05) is 13.5 Å². The van der Waals surface area contributed by atoms with Crippen LogP contribution in [0.3, 0.4) is 0 Å². The van der Waals surface area contributed by atoms with Gasteiger partial charge in [0.1, 0.15) is 0 Å². The number of rotatable bonds is 14. The van der Waals surface area contributed by atoms with Gasteiger partial charge in [0.05, 0.1) is 0 Å². The lowest BCUT2D eigenvalue weighted by Crippen LogP contribution is -2.74. The van der Waals surface area contributed by atoms with Crippen LogP contribution >= 0.6 is 0 Å². The van der Waals surface area contributed by atoms with Gasteiger partial charge in [-0.15, -0.1) is 0 Å². The molecule has 0 aliphatic carbocycles. The van der Waals surface area contributed by atoms with Crippen molar-refractivity contribution in [1.82, 2.24) is 4.90 Å². The van der Waals surface area contributed by atoms with Crippen LogP contribution in [0, 0.1) is 0 Å². The minimum absolute atomic E-state index is 0.0342. The van der Waals surface area contributed by atoms with Crippen LogP contribution in [-0.4, -0.2) is 71.5 Å². The third kappa shape index (κ3) is 5.73. The minimum Gasteiger partial charge on any atom is -0.339 e. The molecule has 0 bridgehead atoms. The van der Waals surface area contributed by atoms with Crippen LogP contribution in [0.2, 0.25) is 0 Å². The van der Waals surface area contributed by atoms with E-state index in [-0.39, 0.29) is 13.0 Å². The van der Waals surface area contributed by atoms with E-state index in [1.165, 1.54) is 6.92 Å². The van der Waals surface area contributed by atoms with Gasteiger partial charge in [0, 0.05) is 19.5 Å². The molecule has 1 amide bonds. The second-order valence-electron chi connectivity index (χ2n) is 7.64. The van der Waals surface area contributed by atoms with E-state index in [1.807, 2.05) is 0 Å². The van der Waals surface area contributed by atoms with Gasteiger partial charge in [0.25, 0.3) is 0 Å². The highest BCUT2D eigenvalue weighted by Crippen LogP contribution is 2.64. The number of halogens is 17. The number of carbonyl (C=O) groups excluding carboxylic acids is 1. The van der Waals surface area contributed by atoms with Gasteiger partial charge in [-0.3, -0.25) is 4.79 Å². The van der Waals surface area contributed by atoms with Crippen molar-refractivity contribution >= 4 is 5.91 Å². The Labute approximate surface area is 197 Å². The maximum atomic E-state index is 13.8. The summed E-state index contributed by atoms with van der Waals surface area (Å²) in [6.45, 7) is 4.09. The molecule has 0 radical (unpaired) electrons. The second-order valence-corrected chi connectivity index (χ2v) is 7.64. The Bertz CT molecular complexity index is 803. The quantitative estimate of drug-likeness (QED) is 0.117. The van der Waals surface area contributed by atoms with Crippen LogP contribution in [0.5, 0.6) is 0 Å². The van der Waals surface area contributed by atoms with Crippen molar-refractivity contribution in [2.45, 2.75) is 80.2 Å². The Kier molecular flexibility index (Phi) is 10.1. The van der Waals surface area contributed by atoms with Gasteiger partial charge in [-0.05, 0) is 25.3 Å². The summed E-state index contributed by atoms with van der Waals surface area (Å²) in [5.74, 6) is -57.0. The van der Waals surface area contributed by atoms with Crippen LogP contribution in [0.15, 0.2) is 12.7 Å². The molecule has 2 nitrogen and oxygen atoms in total. The van der Waals surface area contributed by atoms with E-state index < -0.39 is 79.3 Å². The summed E-state index contributed by atoms with van der Waals surface area (Å²) in [6, 6.07) is 0. The van der Waals surface area contributed by atoms with Crippen LogP contribution < -0.4 is 0 Å². The second kappa shape index (κ2) is 10.6. The van der Waals surface area contributed by atoms with Crippen LogP contribution in [0.1, 0.15) is 32.6 Å². The number of unbranched alkanes of at least 4 members (excludes halogenated alkanes) is 1. The summed E-state index contributed by atoms with van der Waals surface area (Å²) in [4.78, 5) is 12.4. The third-order valence-corrected chi connectivity index (χ3v) is 4.94. The van der Waals surface area contributed by atoms with Gasteiger partial charge >= 0.3 is 47.6 Å². The zero-order valence-electron chi connectivity index (χ0n) is 18.3. The largest absolute Gasteiger partial charge is 0.460 e. The van der Waals surface area contributed by atoms with Crippen molar-refractivity contribution in [3.05, 3.63) is 12.7 Å². The molecule has 0 fully saturated rings. The normalized spacial score (nSPS) is 15.1. The SMILES string of the molecule is C=CC(=O)N(CCC)CCCCC(F)(F)C(F)(F)C(F)(F)C(F)(F)C(F)(F)C(F)(F)C(F)(F)C(F)(F)F. The number of carbonyl (C=O) groups is 1. The standard InChI is InChI=1S/C18H18F17NO/c1-3-8-36(10(37)4-2)9-6-5-7-11(19,20)12(21,22)13(23,24)14(25,26)15(27,28)16(29,30)17(31,32)18(33,34)35/h4H,2-3,5-9H2,1H3. The first-order valence-electron chi connectivity index (χ1n) is 9.78. The van der Waals surface area contributed by atoms with Gasteiger partial charge in [0.15, 0.2) is 0 Å². The molecule has 0 aromatic rings. The molecule has 0 spiro atoms. The molecule has 37 heavy (non-hydrogen) atoms. The molecule has 220 valence electrons. The van der Waals surface area contributed by atoms with E-state index in [2.05, 4.69) is 6.58 Å². The Balaban J connectivity index is 6.09. The topological polar surface area (TPSA) is 20.3 Å². The van der Waals surface area contributed by atoms with E-state index in [0.717, 1.165) is 11.0 Å². The fourth-order valence-electron chi connectivity index (χ4n) is 2.73. The van der Waals surface area contributed by atoms with Crippen molar-refractivity contribution in [3.63, 3.8) is 0 Å². The lowest BCUT2D eigenvalue weighted by atomic mass is 9.88. The number of hydrogen-bond acceptors (Lipinski definition) is 1. The Morgan fingerprint density at radius 3 is 1.35 bits per heavy atom. The Hall–Kier alpha value is -1.98. The number of nitrogens with zero attached hydrogens (tertiary/aromatic N) is 1. The first kappa shape index (κ1) is 35.0. The predicted molar refractivity (Wildman–Crippen MR) is 91.6 cm³/mol. The molecular weight excluding hydrogens is 569 g/mol. The maximum absolute atomic E-state index is 13.8. The van der Waals surface area contributed by atoms with Gasteiger partial charge < -0.3 is 4.90 Å². The van der Waals surface area contributed by atoms with Crippen LogP contribution in [0.4, 0.5) is 74.6 Å². The zero-order chi connectivity index (χ0) is 30.1. The average molecular weight is 587 g/mol. The van der Waals surface area contributed by atoms with Crippen molar-refractivity contribution in [3.8, 4) is 0 Å². The molecule has 0 aromatic heterocycles. The molecule has 0 aromatic carbocycles. The highest BCUT2D eigenvalue weighted by Gasteiger charge is 2.95. The molecule has 0 atom stereocenters. The van der Waals surface area contributed by atoms with E-state index in [4.69, 9.17) is 0 Å². The Morgan fingerprint density at radius 1 is 0.622 bits per heavy atom. The van der Waals surface area contributed by atoms with Gasteiger partial charge in [0.2, 0.25) is 5.91 Å². The van der Waals surface area contributed by atoms with E-state index >= 15 is 0 Å². The lowest BCUT2D eigenvalue weighted by Gasteiger charge is -2.42. The molecule has 0 unspecified atom stereocenters. The number of amides is 1. The molecule has 0 rings (SSSR count). The summed E-state index contributed by atoms with van der Waals surface area (Å²) in [7, 11) is 0. The molecule has 0 aliphatic rings. The summed E-state index contributed by atoms with van der Waals surface area (Å²) >= 11 is 0. The predicted octanol–water partition coefficient (Wildman–Crippen LogP) is 7.59. The average Bonchev–Trinajstić information content (AvgIpc) is 2.73. The molecule has 0 heterocycles. The molecule has 0 saturated carbocycles. The van der Waals surface area contributed by atoms with Gasteiger partial charge in [-0.2, -0.15) is 74.6 Å². The fraction of sp³-hybridized carbons (Fsp3) is 0.833. The lowest BCUT2D eigenvalue weighted by molar-refractivity contribution is -0.461. The zero-order valence-corrected chi connectivity index (χ0v) is 18.3. The molecular formula is C18H18F17NO. The summed E-state index contributed by atoms with van der Waals surface area (Å²) in [5.41, 5.74) is 0. The molecule has 0 N–H and O–H groups in total. The highest BCUT2D eigenvalue weighted by molar-refractivity contribution is 5.86. The van der Waals surface area contributed by atoms with E-state index in [1.54, 1.807) is 0 Å². The third-order valence-electron chi connectivity index (χ3n) is 4.94. The summed E-state index contributed by atoms with van der Waals surface area (Å²) in [5, 5.41) is 0. The number of hydrogen-bond donors (Lipinski definition) is 0. The van der Waals surface area contributed by atoms with Gasteiger partial charge in [-0.25, -0.2) is 0 Å². The smallest absolute Gasteiger partial charge is 0.339 e. The van der Waals surface area contributed by atoms with E-state index in [0.29, 0.717) is 0 Å². The van der Waals surface area contributed by atoms with Crippen molar-refractivity contribution in [1.29, 1.82) is 0 Å². The minimum atomic E-state index is -8.63. The summed E-state index contributed by atoms with van der Waals surface area (Å²) < 4.78 is 224. The first-order valence-corrected chi connectivity index (χ1v) is 9.78. The number of alkyl halides is 17. The summed E-state index contributed by atoms with van der Waals surface area (Å²) in [6.07, 6.45) is -11.2. The monoisotopic (exact) mass is 587 g/mol. The molecule has 0 saturated heterocycles. The first-order chi connectivity index (χ1) is 16.2.